The Balaban J connectivity index is 1.69. The van der Waals surface area contributed by atoms with Gasteiger partial charge in [-0.3, -0.25) is 0 Å². The highest BCUT2D eigenvalue weighted by Gasteiger charge is 2.05. The van der Waals surface area contributed by atoms with Crippen LogP contribution in [0.4, 0.5) is 8.78 Å². The monoisotopic (exact) mass is 302 g/mol. The molecule has 0 fully saturated rings. The first-order valence-corrected chi connectivity index (χ1v) is 7.38. The van der Waals surface area contributed by atoms with Crippen molar-refractivity contribution in [3.05, 3.63) is 78.1 Å². The molecule has 106 valence electrons. The second-order valence-corrected chi connectivity index (χ2v) is 5.54. The molecule has 5 heteroatoms. The minimum Gasteiger partial charge on any atom is -0.241 e. The second-order valence-electron chi connectivity index (χ2n) is 4.49. The van der Waals surface area contributed by atoms with Crippen LogP contribution in [0, 0.1) is 11.6 Å². The summed E-state index contributed by atoms with van der Waals surface area (Å²) >= 11 is 1.44. The molecule has 2 aromatic carbocycles. The normalized spacial score (nSPS) is 10.8. The first-order valence-electron chi connectivity index (χ1n) is 6.39. The summed E-state index contributed by atoms with van der Waals surface area (Å²) in [5.74, 6) is -0.992. The molecule has 0 aliphatic heterocycles. The summed E-state index contributed by atoms with van der Waals surface area (Å²) < 4.78 is 27.8. The third-order valence-corrected chi connectivity index (χ3v) is 4.02. The summed E-state index contributed by atoms with van der Waals surface area (Å²) in [7, 11) is 0. The molecule has 0 aliphatic carbocycles. The maximum Gasteiger partial charge on any atom is 0.159 e. The van der Waals surface area contributed by atoms with Crippen LogP contribution in [-0.2, 0) is 5.75 Å². The lowest BCUT2D eigenvalue weighted by atomic mass is 10.3. The van der Waals surface area contributed by atoms with Gasteiger partial charge in [0.05, 0.1) is 11.9 Å². The van der Waals surface area contributed by atoms with Crippen molar-refractivity contribution in [2.45, 2.75) is 10.6 Å². The Morgan fingerprint density at radius 1 is 1.00 bits per heavy atom. The van der Waals surface area contributed by atoms with Crippen LogP contribution in [0.15, 0.2) is 65.8 Å². The first-order chi connectivity index (χ1) is 10.2. The first kappa shape index (κ1) is 13.8. The van der Waals surface area contributed by atoms with Crippen molar-refractivity contribution in [2.75, 3.05) is 0 Å². The number of rotatable bonds is 4. The summed E-state index contributed by atoms with van der Waals surface area (Å²) in [4.78, 5) is 0.696. The Morgan fingerprint density at radius 2 is 1.81 bits per heavy atom. The number of benzene rings is 2. The third-order valence-electron chi connectivity index (χ3n) is 2.95. The minimum absolute atomic E-state index is 0.651. The van der Waals surface area contributed by atoms with Gasteiger partial charge in [0.1, 0.15) is 0 Å². The molecule has 0 aliphatic rings. The Kier molecular flexibility index (Phi) is 4.01. The van der Waals surface area contributed by atoms with Crippen molar-refractivity contribution in [3.63, 3.8) is 0 Å². The summed E-state index contributed by atoms with van der Waals surface area (Å²) in [6.45, 7) is 0. The molecule has 0 saturated carbocycles. The Morgan fingerprint density at radius 3 is 2.57 bits per heavy atom. The molecule has 2 nitrogen and oxygen atoms in total. The summed E-state index contributed by atoms with van der Waals surface area (Å²) in [6.07, 6.45) is 3.71. The molecule has 3 rings (SSSR count). The second kappa shape index (κ2) is 6.10. The number of hydrogen-bond acceptors (Lipinski definition) is 2. The van der Waals surface area contributed by atoms with E-state index in [9.17, 15) is 8.78 Å². The zero-order chi connectivity index (χ0) is 14.7. The maximum atomic E-state index is 13.1. The van der Waals surface area contributed by atoms with Crippen molar-refractivity contribution in [1.82, 2.24) is 9.78 Å². The number of para-hydroxylation sites is 1. The topological polar surface area (TPSA) is 17.8 Å². The van der Waals surface area contributed by atoms with Gasteiger partial charge in [0, 0.05) is 22.4 Å². The quantitative estimate of drug-likeness (QED) is 0.663. The molecule has 0 atom stereocenters. The summed E-state index contributed by atoms with van der Waals surface area (Å²) in [5.41, 5.74) is 2.01. The standard InChI is InChI=1S/C16H12F2N2S/c17-15-7-6-14(8-16(15)18)21-11-12-9-19-20(10-12)13-4-2-1-3-5-13/h1-10H,11H2. The van der Waals surface area contributed by atoms with Gasteiger partial charge in [0.2, 0.25) is 0 Å². The van der Waals surface area contributed by atoms with Crippen LogP contribution in [0.2, 0.25) is 0 Å². The van der Waals surface area contributed by atoms with E-state index in [1.54, 1.807) is 16.9 Å². The van der Waals surface area contributed by atoms with Gasteiger partial charge < -0.3 is 0 Å². The van der Waals surface area contributed by atoms with Gasteiger partial charge in [0.15, 0.2) is 11.6 Å². The van der Waals surface area contributed by atoms with E-state index in [-0.39, 0.29) is 0 Å². The molecule has 0 amide bonds. The Labute approximate surface area is 125 Å². The van der Waals surface area contributed by atoms with Crippen molar-refractivity contribution < 1.29 is 8.78 Å². The highest BCUT2D eigenvalue weighted by molar-refractivity contribution is 7.98. The van der Waals surface area contributed by atoms with E-state index in [1.807, 2.05) is 36.5 Å². The van der Waals surface area contributed by atoms with Crippen LogP contribution < -0.4 is 0 Å². The Hall–Kier alpha value is -2.14. The van der Waals surface area contributed by atoms with E-state index in [1.165, 1.54) is 17.8 Å². The molecule has 0 spiro atoms. The highest BCUT2D eigenvalue weighted by Crippen LogP contribution is 2.24. The average Bonchev–Trinajstić information content (AvgIpc) is 2.98. The van der Waals surface area contributed by atoms with Crippen LogP contribution in [0.5, 0.6) is 0 Å². The maximum absolute atomic E-state index is 13.1. The van der Waals surface area contributed by atoms with E-state index < -0.39 is 11.6 Å². The fourth-order valence-corrected chi connectivity index (χ4v) is 2.72. The molecule has 3 aromatic rings. The lowest BCUT2D eigenvalue weighted by molar-refractivity contribution is 0.506. The van der Waals surface area contributed by atoms with Crippen molar-refractivity contribution in [2.24, 2.45) is 0 Å². The van der Waals surface area contributed by atoms with E-state index in [0.29, 0.717) is 10.6 Å². The largest absolute Gasteiger partial charge is 0.241 e. The Bertz CT molecular complexity index is 741. The smallest absolute Gasteiger partial charge is 0.159 e. The average molecular weight is 302 g/mol. The van der Waals surface area contributed by atoms with Crippen LogP contribution in [-0.4, -0.2) is 9.78 Å². The molecule has 1 aromatic heterocycles. The predicted octanol–water partition coefficient (Wildman–Crippen LogP) is 4.44. The molecule has 1 heterocycles. The van der Waals surface area contributed by atoms with Gasteiger partial charge in [0.25, 0.3) is 0 Å². The van der Waals surface area contributed by atoms with Gasteiger partial charge in [-0.05, 0) is 30.3 Å². The van der Waals surface area contributed by atoms with E-state index in [4.69, 9.17) is 0 Å². The van der Waals surface area contributed by atoms with Crippen molar-refractivity contribution in [1.29, 1.82) is 0 Å². The van der Waals surface area contributed by atoms with Gasteiger partial charge in [-0.25, -0.2) is 13.5 Å². The van der Waals surface area contributed by atoms with Gasteiger partial charge in [-0.2, -0.15) is 5.10 Å². The predicted molar refractivity (Wildman–Crippen MR) is 79.5 cm³/mol. The van der Waals surface area contributed by atoms with Gasteiger partial charge in [-0.15, -0.1) is 11.8 Å². The van der Waals surface area contributed by atoms with Crippen LogP contribution in [0.25, 0.3) is 5.69 Å². The zero-order valence-electron chi connectivity index (χ0n) is 11.0. The molecule has 0 saturated heterocycles. The third kappa shape index (κ3) is 3.31. The molecule has 0 unspecified atom stereocenters. The molecule has 0 radical (unpaired) electrons. The molecular formula is C16H12F2N2S. The van der Waals surface area contributed by atoms with E-state index in [0.717, 1.165) is 17.3 Å². The number of aromatic nitrogens is 2. The number of halogens is 2. The lowest BCUT2D eigenvalue weighted by Gasteiger charge is -2.01. The van der Waals surface area contributed by atoms with Gasteiger partial charge in [-0.1, -0.05) is 18.2 Å². The molecule has 0 bridgehead atoms. The fourth-order valence-electron chi connectivity index (χ4n) is 1.89. The van der Waals surface area contributed by atoms with Crippen LogP contribution >= 0.6 is 11.8 Å². The van der Waals surface area contributed by atoms with Crippen LogP contribution in [0.1, 0.15) is 5.56 Å². The fraction of sp³-hybridized carbons (Fsp3) is 0.0625. The zero-order valence-corrected chi connectivity index (χ0v) is 11.9. The summed E-state index contributed by atoms with van der Waals surface area (Å²) in [6, 6.07) is 13.7. The highest BCUT2D eigenvalue weighted by atomic mass is 32.2. The van der Waals surface area contributed by atoms with Crippen molar-refractivity contribution in [3.8, 4) is 5.69 Å². The summed E-state index contributed by atoms with van der Waals surface area (Å²) in [5, 5.41) is 4.30. The van der Waals surface area contributed by atoms with Gasteiger partial charge >= 0.3 is 0 Å². The van der Waals surface area contributed by atoms with Crippen LogP contribution in [0.3, 0.4) is 0 Å². The van der Waals surface area contributed by atoms with Crippen molar-refractivity contribution >= 4 is 11.8 Å². The number of thioether (sulfide) groups is 1. The molecule has 0 N–H and O–H groups in total. The van der Waals surface area contributed by atoms with E-state index >= 15 is 0 Å². The minimum atomic E-state index is -0.823. The number of nitrogens with zero attached hydrogens (tertiary/aromatic N) is 2. The molecular weight excluding hydrogens is 290 g/mol. The lowest BCUT2D eigenvalue weighted by Crippen LogP contribution is -1.92. The SMILES string of the molecule is Fc1ccc(SCc2cnn(-c3ccccc3)c2)cc1F. The van der Waals surface area contributed by atoms with E-state index in [2.05, 4.69) is 5.10 Å². The number of hydrogen-bond donors (Lipinski definition) is 0. The molecule has 21 heavy (non-hydrogen) atoms.